The maximum Gasteiger partial charge on any atom is 0.257 e. The molecule has 0 atom stereocenters. The number of hydrogen-bond donors (Lipinski definition) is 0. The topological polar surface area (TPSA) is 70.4 Å². The molecule has 0 radical (unpaired) electrons. The molecule has 2 saturated heterocycles. The second kappa shape index (κ2) is 8.61. The summed E-state index contributed by atoms with van der Waals surface area (Å²) in [4.78, 5) is 29.2. The largest absolute Gasteiger partial charge is 0.356 e. The van der Waals surface area contributed by atoms with Gasteiger partial charge in [0, 0.05) is 51.0 Å². The van der Waals surface area contributed by atoms with Gasteiger partial charge in [-0.2, -0.15) is 10.1 Å². The summed E-state index contributed by atoms with van der Waals surface area (Å²) in [5, 5.41) is 4.46. The van der Waals surface area contributed by atoms with Crippen molar-refractivity contribution in [3.63, 3.8) is 0 Å². The number of carbonyl (C=O) groups is 1. The Hall–Kier alpha value is -3.42. The lowest BCUT2D eigenvalue weighted by Crippen LogP contribution is -2.49. The second-order valence-corrected chi connectivity index (χ2v) is 8.53. The number of amides is 1. The van der Waals surface area contributed by atoms with Crippen molar-refractivity contribution in [3.8, 4) is 5.69 Å². The monoisotopic (exact) mass is 431 g/mol. The van der Waals surface area contributed by atoms with Gasteiger partial charge in [-0.15, -0.1) is 0 Å². The van der Waals surface area contributed by atoms with Crippen LogP contribution in [-0.4, -0.2) is 69.8 Å². The lowest BCUT2D eigenvalue weighted by molar-refractivity contribution is 0.0745. The molecule has 0 unspecified atom stereocenters. The van der Waals surface area contributed by atoms with Crippen molar-refractivity contribution in [2.45, 2.75) is 26.7 Å². The van der Waals surface area contributed by atoms with Crippen LogP contribution in [0.15, 0.2) is 42.6 Å². The average molecular weight is 432 g/mol. The predicted molar refractivity (Wildman–Crippen MR) is 125 cm³/mol. The van der Waals surface area contributed by atoms with Gasteiger partial charge < -0.3 is 14.7 Å². The standard InChI is InChI=1S/C24H29N7O/c1-18-16-22(28-10-6-7-11-28)27-24(26-18)30-14-12-29(13-15-30)23(32)21-17-25-31(19(21)2)20-8-4-3-5-9-20/h3-5,8-9,16-17H,6-7,10-15H2,1-2H3. The Balaban J connectivity index is 1.27. The fourth-order valence-electron chi connectivity index (χ4n) is 4.52. The molecular weight excluding hydrogens is 402 g/mol. The summed E-state index contributed by atoms with van der Waals surface area (Å²) in [5.41, 5.74) is 3.46. The fraction of sp³-hybridized carbons (Fsp3) is 0.417. The smallest absolute Gasteiger partial charge is 0.257 e. The number of piperazine rings is 1. The van der Waals surface area contributed by atoms with Gasteiger partial charge in [0.1, 0.15) is 5.82 Å². The summed E-state index contributed by atoms with van der Waals surface area (Å²) < 4.78 is 1.82. The fourth-order valence-corrected chi connectivity index (χ4v) is 4.52. The van der Waals surface area contributed by atoms with Gasteiger partial charge in [-0.25, -0.2) is 9.67 Å². The van der Waals surface area contributed by atoms with Crippen LogP contribution >= 0.6 is 0 Å². The van der Waals surface area contributed by atoms with E-state index < -0.39 is 0 Å². The Morgan fingerprint density at radius 2 is 1.59 bits per heavy atom. The lowest BCUT2D eigenvalue weighted by Gasteiger charge is -2.35. The van der Waals surface area contributed by atoms with Gasteiger partial charge in [0.2, 0.25) is 5.95 Å². The van der Waals surface area contributed by atoms with Crippen LogP contribution < -0.4 is 9.80 Å². The number of carbonyl (C=O) groups excluding carboxylic acids is 1. The minimum atomic E-state index is 0.0345. The molecular formula is C24H29N7O. The van der Waals surface area contributed by atoms with Crippen molar-refractivity contribution < 1.29 is 4.79 Å². The zero-order chi connectivity index (χ0) is 22.1. The first kappa shape index (κ1) is 20.5. The quantitative estimate of drug-likeness (QED) is 0.633. The first-order valence-electron chi connectivity index (χ1n) is 11.3. The number of hydrogen-bond acceptors (Lipinski definition) is 6. The van der Waals surface area contributed by atoms with Crippen molar-refractivity contribution in [3.05, 3.63) is 59.5 Å². The second-order valence-electron chi connectivity index (χ2n) is 8.53. The van der Waals surface area contributed by atoms with Crippen LogP contribution in [0.1, 0.15) is 34.6 Å². The Morgan fingerprint density at radius 3 is 2.31 bits per heavy atom. The molecule has 3 aromatic rings. The zero-order valence-corrected chi connectivity index (χ0v) is 18.7. The molecule has 8 nitrogen and oxygen atoms in total. The van der Waals surface area contributed by atoms with Crippen LogP contribution in [0, 0.1) is 13.8 Å². The van der Waals surface area contributed by atoms with Crippen LogP contribution in [-0.2, 0) is 0 Å². The van der Waals surface area contributed by atoms with E-state index in [0.29, 0.717) is 18.7 Å². The van der Waals surface area contributed by atoms with Gasteiger partial charge in [-0.1, -0.05) is 18.2 Å². The van der Waals surface area contributed by atoms with E-state index in [2.05, 4.69) is 25.9 Å². The first-order chi connectivity index (χ1) is 15.6. The molecule has 2 aromatic heterocycles. The van der Waals surface area contributed by atoms with Gasteiger partial charge >= 0.3 is 0 Å². The van der Waals surface area contributed by atoms with Gasteiger partial charge in [-0.3, -0.25) is 4.79 Å². The summed E-state index contributed by atoms with van der Waals surface area (Å²) in [5.74, 6) is 1.83. The van der Waals surface area contributed by atoms with Crippen LogP contribution in [0.25, 0.3) is 5.69 Å². The lowest BCUT2D eigenvalue weighted by atomic mass is 10.2. The van der Waals surface area contributed by atoms with E-state index in [4.69, 9.17) is 4.98 Å². The van der Waals surface area contributed by atoms with E-state index in [9.17, 15) is 4.79 Å². The van der Waals surface area contributed by atoms with Crippen molar-refractivity contribution in [1.29, 1.82) is 0 Å². The summed E-state index contributed by atoms with van der Waals surface area (Å²) >= 11 is 0. The highest BCUT2D eigenvalue weighted by Gasteiger charge is 2.27. The van der Waals surface area contributed by atoms with Crippen LogP contribution in [0.4, 0.5) is 11.8 Å². The van der Waals surface area contributed by atoms with E-state index in [1.165, 1.54) is 12.8 Å². The van der Waals surface area contributed by atoms with Gasteiger partial charge in [0.05, 0.1) is 23.1 Å². The van der Waals surface area contributed by atoms with Crippen molar-refractivity contribution >= 4 is 17.7 Å². The third kappa shape index (κ3) is 3.92. The molecule has 2 aliphatic rings. The molecule has 0 N–H and O–H groups in total. The molecule has 0 bridgehead atoms. The maximum absolute atomic E-state index is 13.2. The van der Waals surface area contributed by atoms with E-state index >= 15 is 0 Å². The predicted octanol–water partition coefficient (Wildman–Crippen LogP) is 2.84. The summed E-state index contributed by atoms with van der Waals surface area (Å²) in [6.07, 6.45) is 4.13. The molecule has 1 amide bonds. The summed E-state index contributed by atoms with van der Waals surface area (Å²) in [6, 6.07) is 12.0. The third-order valence-electron chi connectivity index (χ3n) is 6.35. The number of rotatable bonds is 4. The molecule has 8 heteroatoms. The van der Waals surface area contributed by atoms with E-state index in [1.807, 2.05) is 53.8 Å². The number of benzene rings is 1. The molecule has 4 heterocycles. The van der Waals surface area contributed by atoms with Crippen molar-refractivity contribution in [1.82, 2.24) is 24.6 Å². The highest BCUT2D eigenvalue weighted by Crippen LogP contribution is 2.23. The Kier molecular flexibility index (Phi) is 5.51. The first-order valence-corrected chi connectivity index (χ1v) is 11.3. The molecule has 0 aliphatic carbocycles. The van der Waals surface area contributed by atoms with E-state index in [0.717, 1.165) is 55.0 Å². The molecule has 2 aliphatic heterocycles. The van der Waals surface area contributed by atoms with E-state index in [1.54, 1.807) is 6.20 Å². The summed E-state index contributed by atoms with van der Waals surface area (Å²) in [7, 11) is 0. The average Bonchev–Trinajstić information content (AvgIpc) is 3.49. The van der Waals surface area contributed by atoms with Gasteiger partial charge in [0.25, 0.3) is 5.91 Å². The maximum atomic E-state index is 13.2. The van der Waals surface area contributed by atoms with Crippen LogP contribution in [0.5, 0.6) is 0 Å². The van der Waals surface area contributed by atoms with E-state index in [-0.39, 0.29) is 5.91 Å². The Morgan fingerprint density at radius 1 is 0.875 bits per heavy atom. The molecule has 2 fully saturated rings. The molecule has 5 rings (SSSR count). The van der Waals surface area contributed by atoms with Crippen LogP contribution in [0.3, 0.4) is 0 Å². The number of aryl methyl sites for hydroxylation is 1. The summed E-state index contributed by atoms with van der Waals surface area (Å²) in [6.45, 7) is 8.83. The molecule has 0 spiro atoms. The van der Waals surface area contributed by atoms with Crippen LogP contribution in [0.2, 0.25) is 0 Å². The number of para-hydroxylation sites is 1. The van der Waals surface area contributed by atoms with Crippen molar-refractivity contribution in [2.24, 2.45) is 0 Å². The minimum Gasteiger partial charge on any atom is -0.356 e. The van der Waals surface area contributed by atoms with Crippen molar-refractivity contribution in [2.75, 3.05) is 49.1 Å². The SMILES string of the molecule is Cc1cc(N2CCCC2)nc(N2CCN(C(=O)c3cnn(-c4ccccc4)c3C)CC2)n1. The highest BCUT2D eigenvalue weighted by atomic mass is 16.2. The number of anilines is 2. The third-order valence-corrected chi connectivity index (χ3v) is 6.35. The normalized spacial score (nSPS) is 16.6. The highest BCUT2D eigenvalue weighted by molar-refractivity contribution is 5.95. The number of aromatic nitrogens is 4. The molecule has 1 aromatic carbocycles. The molecule has 32 heavy (non-hydrogen) atoms. The molecule has 166 valence electrons. The zero-order valence-electron chi connectivity index (χ0n) is 18.7. The Labute approximate surface area is 188 Å². The molecule has 0 saturated carbocycles. The Bertz CT molecular complexity index is 1100. The number of nitrogens with zero attached hydrogens (tertiary/aromatic N) is 7. The van der Waals surface area contributed by atoms with Gasteiger partial charge in [-0.05, 0) is 38.8 Å². The van der Waals surface area contributed by atoms with Gasteiger partial charge in [0.15, 0.2) is 0 Å². The minimum absolute atomic E-state index is 0.0345.